The molecule has 0 aliphatic carbocycles. The molecule has 0 atom stereocenters. The van der Waals surface area contributed by atoms with Gasteiger partial charge in [-0.05, 0) is 12.1 Å². The Bertz CT molecular complexity index is 754. The second-order valence-corrected chi connectivity index (χ2v) is 4.18. The normalized spacial score (nSPS) is 10.0. The fourth-order valence-electron chi connectivity index (χ4n) is 1.73. The number of carboxylic acid groups (broad SMARTS) is 1. The first-order valence-corrected chi connectivity index (χ1v) is 5.68. The molecule has 8 heteroatoms. The first kappa shape index (κ1) is 13.6. The van der Waals surface area contributed by atoms with Gasteiger partial charge in [-0.2, -0.15) is 10.2 Å². The summed E-state index contributed by atoms with van der Waals surface area (Å²) in [6.45, 7) is 0. The van der Waals surface area contributed by atoms with Crippen LogP contribution in [0.5, 0.6) is 0 Å². The smallest absolute Gasteiger partial charge is 0.336 e. The number of carbonyl (C=O) groups is 1. The number of nitrogens with two attached hydrogens (primary N) is 2. The van der Waals surface area contributed by atoms with E-state index >= 15 is 0 Å². The molecule has 2 aromatic rings. The highest BCUT2D eigenvalue weighted by atomic mass is 35.5. The third-order valence-electron chi connectivity index (χ3n) is 2.55. The van der Waals surface area contributed by atoms with Crippen molar-refractivity contribution in [3.63, 3.8) is 0 Å². The number of halogens is 1. The molecular weight excluding hydrogens is 282 g/mol. The number of aromatic carboxylic acids is 1. The van der Waals surface area contributed by atoms with Gasteiger partial charge in [-0.1, -0.05) is 17.7 Å². The van der Waals surface area contributed by atoms with E-state index in [2.05, 4.69) is 9.97 Å². The van der Waals surface area contributed by atoms with E-state index in [1.165, 1.54) is 18.2 Å². The molecule has 5 N–H and O–H groups in total. The number of anilines is 2. The van der Waals surface area contributed by atoms with Crippen molar-refractivity contribution in [3.8, 4) is 17.3 Å². The number of nitrogen functional groups attached to an aromatic ring is 2. The molecule has 0 spiro atoms. The van der Waals surface area contributed by atoms with Crippen LogP contribution < -0.4 is 11.5 Å². The fraction of sp³-hybridized carbons (Fsp3) is 0. The minimum absolute atomic E-state index is 0.000463. The summed E-state index contributed by atoms with van der Waals surface area (Å²) < 4.78 is 0. The fourth-order valence-corrected chi connectivity index (χ4v) is 1.99. The van der Waals surface area contributed by atoms with Crippen molar-refractivity contribution in [1.82, 2.24) is 9.97 Å². The zero-order valence-electron chi connectivity index (χ0n) is 9.96. The Morgan fingerprint density at radius 3 is 2.65 bits per heavy atom. The third kappa shape index (κ3) is 2.20. The van der Waals surface area contributed by atoms with Crippen LogP contribution in [0.25, 0.3) is 11.3 Å². The van der Waals surface area contributed by atoms with Gasteiger partial charge >= 0.3 is 5.97 Å². The van der Waals surface area contributed by atoms with E-state index in [1.807, 2.05) is 6.07 Å². The maximum atomic E-state index is 11.3. The number of carboxylic acids is 1. The number of benzene rings is 1. The molecule has 0 aliphatic heterocycles. The summed E-state index contributed by atoms with van der Waals surface area (Å²) in [5, 5.41) is 18.5. The van der Waals surface area contributed by atoms with Crippen molar-refractivity contribution in [3.05, 3.63) is 34.3 Å². The Balaban J connectivity index is 2.89. The van der Waals surface area contributed by atoms with Gasteiger partial charge in [0.05, 0.1) is 16.3 Å². The summed E-state index contributed by atoms with van der Waals surface area (Å²) in [6.07, 6.45) is 0. The highest BCUT2D eigenvalue weighted by Gasteiger charge is 2.21. The molecule has 0 bridgehead atoms. The Morgan fingerprint density at radius 2 is 2.05 bits per heavy atom. The van der Waals surface area contributed by atoms with Gasteiger partial charge in [0.1, 0.15) is 17.5 Å². The van der Waals surface area contributed by atoms with Crippen LogP contribution >= 0.6 is 11.6 Å². The Hall–Kier alpha value is -2.85. The van der Waals surface area contributed by atoms with Gasteiger partial charge in [-0.15, -0.1) is 0 Å². The summed E-state index contributed by atoms with van der Waals surface area (Å²) in [6, 6.07) is 6.14. The zero-order valence-corrected chi connectivity index (χ0v) is 10.7. The van der Waals surface area contributed by atoms with Gasteiger partial charge in [0.25, 0.3) is 0 Å². The molecule has 0 fully saturated rings. The quantitative estimate of drug-likeness (QED) is 0.761. The molecule has 0 amide bonds. The SMILES string of the molecule is N#Cc1c(N)nc(N)nc1-c1c(Cl)cccc1C(=O)O. The Morgan fingerprint density at radius 1 is 1.35 bits per heavy atom. The Labute approximate surface area is 118 Å². The maximum Gasteiger partial charge on any atom is 0.336 e. The van der Waals surface area contributed by atoms with E-state index in [4.69, 9.17) is 28.3 Å². The van der Waals surface area contributed by atoms with Crippen LogP contribution in [0.3, 0.4) is 0 Å². The average Bonchev–Trinajstić information content (AvgIpc) is 2.37. The zero-order chi connectivity index (χ0) is 14.9. The van der Waals surface area contributed by atoms with Crippen LogP contribution in [0.4, 0.5) is 11.8 Å². The number of rotatable bonds is 2. The van der Waals surface area contributed by atoms with E-state index < -0.39 is 5.97 Å². The van der Waals surface area contributed by atoms with E-state index in [1.54, 1.807) is 0 Å². The predicted molar refractivity (Wildman–Crippen MR) is 73.0 cm³/mol. The summed E-state index contributed by atoms with van der Waals surface area (Å²) in [4.78, 5) is 18.8. The van der Waals surface area contributed by atoms with E-state index in [9.17, 15) is 9.90 Å². The lowest BCUT2D eigenvalue weighted by molar-refractivity contribution is 0.0697. The van der Waals surface area contributed by atoms with E-state index in [0.717, 1.165) is 0 Å². The average molecular weight is 290 g/mol. The minimum Gasteiger partial charge on any atom is -0.478 e. The van der Waals surface area contributed by atoms with Gasteiger partial charge in [0.15, 0.2) is 0 Å². The largest absolute Gasteiger partial charge is 0.478 e. The van der Waals surface area contributed by atoms with Crippen LogP contribution in [0.2, 0.25) is 5.02 Å². The van der Waals surface area contributed by atoms with Crippen LogP contribution in [0.1, 0.15) is 15.9 Å². The second-order valence-electron chi connectivity index (χ2n) is 3.77. The Kier molecular flexibility index (Phi) is 3.41. The lowest BCUT2D eigenvalue weighted by Gasteiger charge is -2.10. The monoisotopic (exact) mass is 289 g/mol. The lowest BCUT2D eigenvalue weighted by atomic mass is 10.0. The molecular formula is C12H8ClN5O2. The van der Waals surface area contributed by atoms with Gasteiger partial charge in [-0.25, -0.2) is 9.78 Å². The molecule has 1 heterocycles. The van der Waals surface area contributed by atoms with Crippen molar-refractivity contribution in [2.24, 2.45) is 0 Å². The summed E-state index contributed by atoms with van der Waals surface area (Å²) in [5.41, 5.74) is 11.0. The third-order valence-corrected chi connectivity index (χ3v) is 2.86. The highest BCUT2D eigenvalue weighted by Crippen LogP contribution is 2.34. The van der Waals surface area contributed by atoms with E-state index in [0.29, 0.717) is 0 Å². The van der Waals surface area contributed by atoms with Crippen molar-refractivity contribution >= 4 is 29.3 Å². The molecule has 20 heavy (non-hydrogen) atoms. The molecule has 1 aromatic heterocycles. The minimum atomic E-state index is -1.21. The van der Waals surface area contributed by atoms with E-state index in [-0.39, 0.29) is 39.2 Å². The van der Waals surface area contributed by atoms with Crippen LogP contribution in [0, 0.1) is 11.3 Å². The van der Waals surface area contributed by atoms with Crippen molar-refractivity contribution in [1.29, 1.82) is 5.26 Å². The van der Waals surface area contributed by atoms with Crippen LogP contribution in [-0.2, 0) is 0 Å². The predicted octanol–water partition coefficient (Wildman–Crippen LogP) is 1.53. The first-order valence-electron chi connectivity index (χ1n) is 5.31. The second kappa shape index (κ2) is 5.03. The molecule has 100 valence electrons. The summed E-state index contributed by atoms with van der Waals surface area (Å²) in [5.74, 6) is -1.51. The van der Waals surface area contributed by atoms with Gasteiger partial charge in [-0.3, -0.25) is 0 Å². The van der Waals surface area contributed by atoms with Gasteiger partial charge in [0.2, 0.25) is 5.95 Å². The van der Waals surface area contributed by atoms with Crippen LogP contribution in [0.15, 0.2) is 18.2 Å². The number of aromatic nitrogens is 2. The summed E-state index contributed by atoms with van der Waals surface area (Å²) >= 11 is 6.03. The number of hydrogen-bond donors (Lipinski definition) is 3. The molecule has 7 nitrogen and oxygen atoms in total. The van der Waals surface area contributed by atoms with Crippen molar-refractivity contribution < 1.29 is 9.90 Å². The highest BCUT2D eigenvalue weighted by molar-refractivity contribution is 6.34. The standard InChI is InChI=1S/C12H8ClN5O2/c13-7-3-1-2-5(11(19)20)8(7)9-6(4-14)10(15)18-12(16)17-9/h1-3H,(H,19,20)(H4,15,16,17,18). The molecule has 2 rings (SSSR count). The topological polar surface area (TPSA) is 139 Å². The number of nitrogens with zero attached hydrogens (tertiary/aromatic N) is 3. The van der Waals surface area contributed by atoms with Gasteiger partial charge < -0.3 is 16.6 Å². The van der Waals surface area contributed by atoms with Crippen LogP contribution in [-0.4, -0.2) is 21.0 Å². The first-order chi connectivity index (χ1) is 9.45. The van der Waals surface area contributed by atoms with Gasteiger partial charge in [0, 0.05) is 5.56 Å². The number of hydrogen-bond acceptors (Lipinski definition) is 6. The molecule has 1 aromatic carbocycles. The molecule has 0 aliphatic rings. The molecule has 0 saturated heterocycles. The maximum absolute atomic E-state index is 11.3. The molecule has 0 radical (unpaired) electrons. The number of nitriles is 1. The summed E-state index contributed by atoms with van der Waals surface area (Å²) in [7, 11) is 0. The molecule has 0 unspecified atom stereocenters. The van der Waals surface area contributed by atoms with Crippen molar-refractivity contribution in [2.45, 2.75) is 0 Å². The van der Waals surface area contributed by atoms with Crippen molar-refractivity contribution in [2.75, 3.05) is 11.5 Å². The molecule has 0 saturated carbocycles. The lowest BCUT2D eigenvalue weighted by Crippen LogP contribution is -2.08.